The summed E-state index contributed by atoms with van der Waals surface area (Å²) in [7, 11) is 5.47. The number of nitrogens with zero attached hydrogens (tertiary/aromatic N) is 1. The number of ether oxygens (including phenoxy) is 2. The number of hydrogen-bond donors (Lipinski definition) is 1. The fourth-order valence-corrected chi connectivity index (χ4v) is 2.17. The maximum atomic E-state index is 5.21. The van der Waals surface area contributed by atoms with Gasteiger partial charge in [0.2, 0.25) is 0 Å². The first-order valence-electron chi connectivity index (χ1n) is 6.75. The molecule has 0 saturated carbocycles. The van der Waals surface area contributed by atoms with Gasteiger partial charge < -0.3 is 14.8 Å². The lowest BCUT2D eigenvalue weighted by atomic mass is 10.1. The Morgan fingerprint density at radius 1 is 1.05 bits per heavy atom. The van der Waals surface area contributed by atoms with Crippen LogP contribution in [-0.2, 0) is 9.47 Å². The van der Waals surface area contributed by atoms with Crippen molar-refractivity contribution < 1.29 is 9.47 Å². The van der Waals surface area contributed by atoms with Gasteiger partial charge in [0.1, 0.15) is 0 Å². The lowest BCUT2D eigenvalue weighted by Crippen LogP contribution is -2.39. The van der Waals surface area contributed by atoms with Gasteiger partial charge in [0, 0.05) is 39.9 Å². The highest BCUT2D eigenvalue weighted by atomic mass is 16.5. The normalized spacial score (nSPS) is 12.8. The molecule has 0 amide bonds. The highest BCUT2D eigenvalue weighted by Crippen LogP contribution is 2.19. The largest absolute Gasteiger partial charge is 0.383 e. The summed E-state index contributed by atoms with van der Waals surface area (Å²) < 4.78 is 10.4. The van der Waals surface area contributed by atoms with Crippen LogP contribution in [-0.4, -0.2) is 59.0 Å². The molecule has 0 fully saturated rings. The topological polar surface area (TPSA) is 33.7 Å². The van der Waals surface area contributed by atoms with E-state index in [0.717, 1.165) is 32.8 Å². The smallest absolute Gasteiger partial charge is 0.0589 e. The molecular formula is C15H26N2O2. The van der Waals surface area contributed by atoms with E-state index < -0.39 is 0 Å². The molecule has 0 spiro atoms. The van der Waals surface area contributed by atoms with Crippen LogP contribution in [0.25, 0.3) is 0 Å². The number of benzene rings is 1. The van der Waals surface area contributed by atoms with Crippen LogP contribution in [0.2, 0.25) is 0 Å². The van der Waals surface area contributed by atoms with E-state index in [1.165, 1.54) is 5.56 Å². The van der Waals surface area contributed by atoms with E-state index in [1.807, 2.05) is 7.05 Å². The maximum absolute atomic E-state index is 5.21. The monoisotopic (exact) mass is 266 g/mol. The van der Waals surface area contributed by atoms with Gasteiger partial charge in [-0.05, 0) is 12.6 Å². The summed E-state index contributed by atoms with van der Waals surface area (Å²) >= 11 is 0. The fraction of sp³-hybridized carbons (Fsp3) is 0.600. The lowest BCUT2D eigenvalue weighted by molar-refractivity contribution is 0.0870. The van der Waals surface area contributed by atoms with E-state index in [0.29, 0.717) is 6.04 Å². The molecule has 1 rings (SSSR count). The van der Waals surface area contributed by atoms with Crippen LogP contribution < -0.4 is 5.32 Å². The van der Waals surface area contributed by atoms with Crippen molar-refractivity contribution in [2.45, 2.75) is 6.04 Å². The second-order valence-corrected chi connectivity index (χ2v) is 4.51. The van der Waals surface area contributed by atoms with Gasteiger partial charge in [-0.15, -0.1) is 0 Å². The zero-order chi connectivity index (χ0) is 13.9. The molecule has 19 heavy (non-hydrogen) atoms. The second kappa shape index (κ2) is 9.92. The summed E-state index contributed by atoms with van der Waals surface area (Å²) in [6.45, 7) is 4.19. The Bertz CT molecular complexity index is 311. The first-order valence-corrected chi connectivity index (χ1v) is 6.75. The molecule has 0 aliphatic heterocycles. The molecule has 1 aromatic rings. The molecular weight excluding hydrogens is 240 g/mol. The zero-order valence-electron chi connectivity index (χ0n) is 12.3. The average Bonchev–Trinajstić information content (AvgIpc) is 2.46. The van der Waals surface area contributed by atoms with E-state index in [1.54, 1.807) is 14.2 Å². The molecule has 0 bridgehead atoms. The van der Waals surface area contributed by atoms with Crippen LogP contribution in [0.3, 0.4) is 0 Å². The zero-order valence-corrected chi connectivity index (χ0v) is 12.3. The summed E-state index contributed by atoms with van der Waals surface area (Å²) in [5.41, 5.74) is 1.32. The van der Waals surface area contributed by atoms with Crippen molar-refractivity contribution in [3.8, 4) is 0 Å². The van der Waals surface area contributed by atoms with Gasteiger partial charge in [-0.25, -0.2) is 0 Å². The Hall–Kier alpha value is -0.940. The molecule has 1 unspecified atom stereocenters. The molecule has 0 heterocycles. The van der Waals surface area contributed by atoms with E-state index in [9.17, 15) is 0 Å². The van der Waals surface area contributed by atoms with Gasteiger partial charge in [-0.3, -0.25) is 4.90 Å². The molecule has 4 heteroatoms. The van der Waals surface area contributed by atoms with Gasteiger partial charge in [0.15, 0.2) is 0 Å². The number of nitrogens with one attached hydrogen (secondary N) is 1. The van der Waals surface area contributed by atoms with E-state index in [2.05, 4.69) is 40.5 Å². The number of rotatable bonds is 10. The highest BCUT2D eigenvalue weighted by molar-refractivity contribution is 5.19. The third kappa shape index (κ3) is 5.70. The number of likely N-dealkylation sites (N-methyl/N-ethyl adjacent to an activating group) is 1. The first kappa shape index (κ1) is 16.1. The number of hydrogen-bond acceptors (Lipinski definition) is 4. The van der Waals surface area contributed by atoms with Gasteiger partial charge in [-0.2, -0.15) is 0 Å². The van der Waals surface area contributed by atoms with E-state index in [4.69, 9.17) is 9.47 Å². The van der Waals surface area contributed by atoms with Crippen molar-refractivity contribution in [3.05, 3.63) is 35.9 Å². The second-order valence-electron chi connectivity index (χ2n) is 4.51. The molecule has 0 saturated heterocycles. The van der Waals surface area contributed by atoms with Crippen molar-refractivity contribution in [2.75, 3.05) is 54.1 Å². The van der Waals surface area contributed by atoms with Crippen LogP contribution in [0.1, 0.15) is 11.6 Å². The Morgan fingerprint density at radius 2 is 1.63 bits per heavy atom. The van der Waals surface area contributed by atoms with E-state index >= 15 is 0 Å². The molecule has 1 atom stereocenters. The van der Waals surface area contributed by atoms with Crippen molar-refractivity contribution in [3.63, 3.8) is 0 Å². The maximum Gasteiger partial charge on any atom is 0.0589 e. The molecule has 0 aliphatic rings. The molecule has 1 aromatic carbocycles. The Kier molecular flexibility index (Phi) is 8.41. The summed E-state index contributed by atoms with van der Waals surface area (Å²) in [6.07, 6.45) is 0. The van der Waals surface area contributed by atoms with Crippen molar-refractivity contribution in [2.24, 2.45) is 0 Å². The molecule has 4 nitrogen and oxygen atoms in total. The Balaban J connectivity index is 2.77. The van der Waals surface area contributed by atoms with Gasteiger partial charge in [0.25, 0.3) is 0 Å². The highest BCUT2D eigenvalue weighted by Gasteiger charge is 2.19. The summed E-state index contributed by atoms with van der Waals surface area (Å²) in [4.78, 5) is 2.40. The van der Waals surface area contributed by atoms with Crippen LogP contribution in [0.15, 0.2) is 30.3 Å². The predicted molar refractivity (Wildman–Crippen MR) is 78.4 cm³/mol. The van der Waals surface area contributed by atoms with Gasteiger partial charge in [0.05, 0.1) is 13.2 Å². The molecule has 1 N–H and O–H groups in total. The molecule has 0 radical (unpaired) electrons. The van der Waals surface area contributed by atoms with Crippen LogP contribution in [0.5, 0.6) is 0 Å². The molecule has 0 aromatic heterocycles. The van der Waals surface area contributed by atoms with Crippen molar-refractivity contribution in [1.82, 2.24) is 10.2 Å². The quantitative estimate of drug-likeness (QED) is 0.696. The van der Waals surface area contributed by atoms with Crippen LogP contribution >= 0.6 is 0 Å². The number of methoxy groups -OCH3 is 2. The lowest BCUT2D eigenvalue weighted by Gasteiger charge is -2.31. The summed E-state index contributed by atoms with van der Waals surface area (Å²) in [5, 5.41) is 3.28. The summed E-state index contributed by atoms with van der Waals surface area (Å²) in [6, 6.07) is 10.9. The Morgan fingerprint density at radius 3 is 2.11 bits per heavy atom. The molecule has 108 valence electrons. The SMILES string of the molecule is CNCC(c1ccccc1)N(CCOC)CCOC. The van der Waals surface area contributed by atoms with Crippen LogP contribution in [0, 0.1) is 0 Å². The van der Waals surface area contributed by atoms with Crippen LogP contribution in [0.4, 0.5) is 0 Å². The third-order valence-electron chi connectivity index (χ3n) is 3.19. The standard InChI is InChI=1S/C15H26N2O2/c1-16-13-15(14-7-5-4-6-8-14)17(9-11-18-2)10-12-19-3/h4-8,15-16H,9-13H2,1-3H3. The van der Waals surface area contributed by atoms with Crippen molar-refractivity contribution >= 4 is 0 Å². The minimum Gasteiger partial charge on any atom is -0.383 e. The third-order valence-corrected chi connectivity index (χ3v) is 3.19. The fourth-order valence-electron chi connectivity index (χ4n) is 2.17. The Labute approximate surface area is 116 Å². The minimum atomic E-state index is 0.344. The summed E-state index contributed by atoms with van der Waals surface area (Å²) in [5.74, 6) is 0. The van der Waals surface area contributed by atoms with E-state index in [-0.39, 0.29) is 0 Å². The molecule has 0 aliphatic carbocycles. The van der Waals surface area contributed by atoms with Gasteiger partial charge >= 0.3 is 0 Å². The first-order chi connectivity index (χ1) is 9.33. The van der Waals surface area contributed by atoms with Gasteiger partial charge in [-0.1, -0.05) is 30.3 Å². The average molecular weight is 266 g/mol. The predicted octanol–water partition coefficient (Wildman–Crippen LogP) is 1.54. The minimum absolute atomic E-state index is 0.344. The van der Waals surface area contributed by atoms with Crippen molar-refractivity contribution in [1.29, 1.82) is 0 Å².